The van der Waals surface area contributed by atoms with Gasteiger partial charge in [-0.3, -0.25) is 0 Å². The summed E-state index contributed by atoms with van der Waals surface area (Å²) in [4.78, 5) is 0.280. The van der Waals surface area contributed by atoms with Gasteiger partial charge in [-0.2, -0.15) is 4.31 Å². The van der Waals surface area contributed by atoms with Crippen LogP contribution in [0.4, 0.5) is 0 Å². The van der Waals surface area contributed by atoms with E-state index in [4.69, 9.17) is 23.2 Å². The summed E-state index contributed by atoms with van der Waals surface area (Å²) in [6.45, 7) is 5.52. The fourth-order valence-corrected chi connectivity index (χ4v) is 4.61. The van der Waals surface area contributed by atoms with Crippen LogP contribution in [-0.2, 0) is 15.9 Å². The lowest BCUT2D eigenvalue weighted by Gasteiger charge is -2.23. The third-order valence-electron chi connectivity index (χ3n) is 4.10. The molecule has 0 spiro atoms. The maximum absolute atomic E-state index is 12.8. The molecule has 1 fully saturated rings. The molecule has 118 valence electrons. The van der Waals surface area contributed by atoms with Gasteiger partial charge in [0.2, 0.25) is 10.0 Å². The summed E-state index contributed by atoms with van der Waals surface area (Å²) in [6, 6.07) is 4.75. The first-order chi connectivity index (χ1) is 9.76. The number of hydrogen-bond donors (Lipinski definition) is 0. The van der Waals surface area contributed by atoms with Crippen LogP contribution in [0.5, 0.6) is 0 Å². The summed E-state index contributed by atoms with van der Waals surface area (Å²) in [5, 5.41) is 0.501. The molecule has 1 aromatic rings. The molecule has 6 heteroatoms. The third-order valence-corrected chi connectivity index (χ3v) is 6.65. The van der Waals surface area contributed by atoms with Gasteiger partial charge in [0.1, 0.15) is 0 Å². The number of alkyl halides is 1. The Balaban J connectivity index is 2.29. The van der Waals surface area contributed by atoms with Gasteiger partial charge in [-0.15, -0.1) is 11.6 Å². The van der Waals surface area contributed by atoms with Crippen LogP contribution in [0.2, 0.25) is 5.02 Å². The number of rotatable bonds is 3. The highest BCUT2D eigenvalue weighted by Gasteiger charge is 2.30. The van der Waals surface area contributed by atoms with Crippen LogP contribution in [-0.4, -0.2) is 25.8 Å². The van der Waals surface area contributed by atoms with E-state index in [9.17, 15) is 8.42 Å². The molecule has 1 saturated heterocycles. The van der Waals surface area contributed by atoms with Crippen LogP contribution in [0.15, 0.2) is 23.1 Å². The highest BCUT2D eigenvalue weighted by atomic mass is 35.5. The largest absolute Gasteiger partial charge is 0.243 e. The second kappa shape index (κ2) is 6.45. The van der Waals surface area contributed by atoms with E-state index in [1.807, 2.05) is 0 Å². The fraction of sp³-hybridized carbons (Fsp3) is 0.600. The van der Waals surface area contributed by atoms with Gasteiger partial charge in [-0.05, 0) is 48.4 Å². The van der Waals surface area contributed by atoms with Crippen molar-refractivity contribution in [3.8, 4) is 0 Å². The molecule has 3 nitrogen and oxygen atoms in total. The SMILES string of the molecule is CC1(C)CCCN(S(=O)(=O)c2ccc(Cl)c(CCl)c2)CC1. The van der Waals surface area contributed by atoms with E-state index in [1.54, 1.807) is 22.5 Å². The predicted octanol–water partition coefficient (Wildman–Crippen LogP) is 4.28. The van der Waals surface area contributed by atoms with Crippen molar-refractivity contribution < 1.29 is 8.42 Å². The van der Waals surface area contributed by atoms with Gasteiger partial charge in [0.25, 0.3) is 0 Å². The Bertz CT molecular complexity index is 614. The maximum atomic E-state index is 12.8. The molecular weight excluding hydrogens is 329 g/mol. The lowest BCUT2D eigenvalue weighted by Crippen LogP contribution is -2.32. The highest BCUT2D eigenvalue weighted by Crippen LogP contribution is 2.32. The van der Waals surface area contributed by atoms with Crippen LogP contribution < -0.4 is 0 Å². The van der Waals surface area contributed by atoms with E-state index < -0.39 is 10.0 Å². The first-order valence-corrected chi connectivity index (χ1v) is 9.46. The molecule has 2 rings (SSSR count). The van der Waals surface area contributed by atoms with Crippen molar-refractivity contribution in [2.45, 2.75) is 43.9 Å². The zero-order valence-electron chi connectivity index (χ0n) is 12.4. The second-order valence-electron chi connectivity index (χ2n) is 6.31. The quantitative estimate of drug-likeness (QED) is 0.763. The van der Waals surface area contributed by atoms with Crippen LogP contribution in [0, 0.1) is 5.41 Å². The average Bonchev–Trinajstić information content (AvgIpc) is 2.60. The Morgan fingerprint density at radius 3 is 2.62 bits per heavy atom. The molecule has 0 unspecified atom stereocenters. The molecule has 0 saturated carbocycles. The summed E-state index contributed by atoms with van der Waals surface area (Å²) in [6.07, 6.45) is 2.82. The molecule has 1 aliphatic heterocycles. The van der Waals surface area contributed by atoms with Gasteiger partial charge in [-0.1, -0.05) is 25.4 Å². The number of sulfonamides is 1. The van der Waals surface area contributed by atoms with Crippen molar-refractivity contribution >= 4 is 33.2 Å². The van der Waals surface area contributed by atoms with Crippen molar-refractivity contribution in [1.82, 2.24) is 4.31 Å². The highest BCUT2D eigenvalue weighted by molar-refractivity contribution is 7.89. The van der Waals surface area contributed by atoms with Gasteiger partial charge in [0.05, 0.1) is 4.90 Å². The molecule has 1 aliphatic rings. The minimum atomic E-state index is -3.47. The maximum Gasteiger partial charge on any atom is 0.243 e. The number of benzene rings is 1. The number of nitrogens with zero attached hydrogens (tertiary/aromatic N) is 1. The Labute approximate surface area is 137 Å². The van der Waals surface area contributed by atoms with E-state index in [0.717, 1.165) is 19.3 Å². The fourth-order valence-electron chi connectivity index (χ4n) is 2.60. The summed E-state index contributed by atoms with van der Waals surface area (Å²) in [5.74, 6) is 0.204. The van der Waals surface area contributed by atoms with Gasteiger partial charge in [0, 0.05) is 24.0 Å². The number of halogens is 2. The lowest BCUT2D eigenvalue weighted by atomic mass is 9.85. The van der Waals surface area contributed by atoms with Gasteiger partial charge >= 0.3 is 0 Å². The van der Waals surface area contributed by atoms with Crippen LogP contribution in [0.1, 0.15) is 38.7 Å². The van der Waals surface area contributed by atoms with E-state index in [0.29, 0.717) is 23.7 Å². The van der Waals surface area contributed by atoms with Crippen LogP contribution >= 0.6 is 23.2 Å². The Morgan fingerprint density at radius 1 is 1.24 bits per heavy atom. The van der Waals surface area contributed by atoms with Crippen molar-refractivity contribution in [1.29, 1.82) is 0 Å². The molecule has 0 radical (unpaired) electrons. The van der Waals surface area contributed by atoms with E-state index >= 15 is 0 Å². The van der Waals surface area contributed by atoms with Gasteiger partial charge < -0.3 is 0 Å². The second-order valence-corrected chi connectivity index (χ2v) is 8.92. The summed E-state index contributed by atoms with van der Waals surface area (Å²) in [7, 11) is -3.47. The smallest absolute Gasteiger partial charge is 0.207 e. The van der Waals surface area contributed by atoms with Crippen molar-refractivity contribution in [3.05, 3.63) is 28.8 Å². The van der Waals surface area contributed by atoms with E-state index in [1.165, 1.54) is 0 Å². The topological polar surface area (TPSA) is 37.4 Å². The minimum Gasteiger partial charge on any atom is -0.207 e. The average molecular weight is 350 g/mol. The lowest BCUT2D eigenvalue weighted by molar-refractivity contribution is 0.315. The van der Waals surface area contributed by atoms with Gasteiger partial charge in [0.15, 0.2) is 0 Å². The molecule has 0 aromatic heterocycles. The Kier molecular flexibility index (Phi) is 5.24. The first-order valence-electron chi connectivity index (χ1n) is 7.11. The molecular formula is C15H21Cl2NO2S. The first kappa shape index (κ1) is 17.1. The summed E-state index contributed by atoms with van der Waals surface area (Å²) >= 11 is 11.8. The third kappa shape index (κ3) is 3.92. The zero-order chi connectivity index (χ0) is 15.7. The standard InChI is InChI=1S/C15H21Cl2NO2S/c1-15(2)6-3-8-18(9-7-15)21(19,20)13-4-5-14(17)12(10-13)11-16/h4-5,10H,3,6-9,11H2,1-2H3. The summed E-state index contributed by atoms with van der Waals surface area (Å²) in [5.41, 5.74) is 0.848. The molecule has 0 amide bonds. The molecule has 0 aliphatic carbocycles. The van der Waals surface area contributed by atoms with E-state index in [-0.39, 0.29) is 16.2 Å². The van der Waals surface area contributed by atoms with Crippen LogP contribution in [0.3, 0.4) is 0 Å². The van der Waals surface area contributed by atoms with Crippen molar-refractivity contribution in [2.24, 2.45) is 5.41 Å². The van der Waals surface area contributed by atoms with Crippen molar-refractivity contribution in [3.63, 3.8) is 0 Å². The zero-order valence-corrected chi connectivity index (χ0v) is 14.7. The normalized spacial score (nSPS) is 20.2. The molecule has 0 N–H and O–H groups in total. The van der Waals surface area contributed by atoms with Gasteiger partial charge in [-0.25, -0.2) is 8.42 Å². The van der Waals surface area contributed by atoms with Crippen molar-refractivity contribution in [2.75, 3.05) is 13.1 Å². The monoisotopic (exact) mass is 349 g/mol. The van der Waals surface area contributed by atoms with E-state index in [2.05, 4.69) is 13.8 Å². The molecule has 0 bridgehead atoms. The Hall–Kier alpha value is -0.290. The molecule has 21 heavy (non-hydrogen) atoms. The van der Waals surface area contributed by atoms with Crippen LogP contribution in [0.25, 0.3) is 0 Å². The molecule has 0 atom stereocenters. The minimum absolute atomic E-state index is 0.200. The summed E-state index contributed by atoms with van der Waals surface area (Å²) < 4.78 is 27.1. The molecule has 1 aromatic carbocycles. The predicted molar refractivity (Wildman–Crippen MR) is 87.4 cm³/mol. The molecule has 1 heterocycles. The number of hydrogen-bond acceptors (Lipinski definition) is 2. The Morgan fingerprint density at radius 2 is 1.95 bits per heavy atom.